The molecular weight excluding hydrogens is 300 g/mol. The SMILES string of the molecule is Cc1nc(CCNC(=O)Cc2ccc3c(c2)OCCO3)cs1. The van der Waals surface area contributed by atoms with E-state index < -0.39 is 0 Å². The smallest absolute Gasteiger partial charge is 0.224 e. The third-order valence-corrected chi connectivity index (χ3v) is 4.16. The van der Waals surface area contributed by atoms with Crippen LogP contribution < -0.4 is 14.8 Å². The van der Waals surface area contributed by atoms with Crippen LogP contribution in [0.2, 0.25) is 0 Å². The number of carbonyl (C=O) groups is 1. The Bertz CT molecular complexity index is 669. The number of aryl methyl sites for hydroxylation is 1. The molecule has 0 spiro atoms. The molecule has 0 atom stereocenters. The van der Waals surface area contributed by atoms with E-state index in [0.717, 1.165) is 34.2 Å². The summed E-state index contributed by atoms with van der Waals surface area (Å²) in [6.07, 6.45) is 1.10. The summed E-state index contributed by atoms with van der Waals surface area (Å²) in [5.41, 5.74) is 1.95. The van der Waals surface area contributed by atoms with Crippen molar-refractivity contribution in [1.29, 1.82) is 0 Å². The van der Waals surface area contributed by atoms with Crippen LogP contribution >= 0.6 is 11.3 Å². The molecule has 6 heteroatoms. The van der Waals surface area contributed by atoms with Gasteiger partial charge in [0.25, 0.3) is 0 Å². The summed E-state index contributed by atoms with van der Waals surface area (Å²) in [5, 5.41) is 6.01. The number of fused-ring (bicyclic) bond motifs is 1. The molecule has 0 fully saturated rings. The average Bonchev–Trinajstić information content (AvgIpc) is 2.92. The lowest BCUT2D eigenvalue weighted by atomic mass is 10.1. The maximum Gasteiger partial charge on any atom is 0.224 e. The molecule has 2 heterocycles. The molecule has 1 aliphatic heterocycles. The van der Waals surface area contributed by atoms with E-state index in [4.69, 9.17) is 9.47 Å². The van der Waals surface area contributed by atoms with Crippen molar-refractivity contribution >= 4 is 17.2 Å². The highest BCUT2D eigenvalue weighted by Crippen LogP contribution is 2.30. The highest BCUT2D eigenvalue weighted by molar-refractivity contribution is 7.09. The second-order valence-electron chi connectivity index (χ2n) is 5.11. The third-order valence-electron chi connectivity index (χ3n) is 3.34. The first-order chi connectivity index (χ1) is 10.7. The summed E-state index contributed by atoms with van der Waals surface area (Å²) in [4.78, 5) is 16.4. The van der Waals surface area contributed by atoms with Crippen molar-refractivity contribution in [1.82, 2.24) is 10.3 Å². The first-order valence-electron chi connectivity index (χ1n) is 7.27. The molecule has 0 saturated carbocycles. The van der Waals surface area contributed by atoms with Gasteiger partial charge in [0, 0.05) is 18.3 Å². The Labute approximate surface area is 133 Å². The fourth-order valence-corrected chi connectivity index (χ4v) is 2.95. The maximum absolute atomic E-state index is 12.0. The van der Waals surface area contributed by atoms with E-state index >= 15 is 0 Å². The summed E-state index contributed by atoms with van der Waals surface area (Å²) in [6.45, 7) is 3.71. The quantitative estimate of drug-likeness (QED) is 0.917. The fourth-order valence-electron chi connectivity index (χ4n) is 2.30. The molecule has 1 aromatic carbocycles. The molecule has 0 bridgehead atoms. The molecule has 2 aromatic rings. The van der Waals surface area contributed by atoms with Gasteiger partial charge in [-0.1, -0.05) is 6.07 Å². The number of thiazole rings is 1. The van der Waals surface area contributed by atoms with Crippen LogP contribution in [0.25, 0.3) is 0 Å². The van der Waals surface area contributed by atoms with Gasteiger partial charge in [-0.05, 0) is 24.6 Å². The number of amides is 1. The molecule has 5 nitrogen and oxygen atoms in total. The van der Waals surface area contributed by atoms with Crippen molar-refractivity contribution in [2.24, 2.45) is 0 Å². The van der Waals surface area contributed by atoms with Crippen molar-refractivity contribution in [2.45, 2.75) is 19.8 Å². The van der Waals surface area contributed by atoms with Gasteiger partial charge >= 0.3 is 0 Å². The van der Waals surface area contributed by atoms with Crippen molar-refractivity contribution < 1.29 is 14.3 Å². The van der Waals surface area contributed by atoms with Gasteiger partial charge in [-0.25, -0.2) is 4.98 Å². The van der Waals surface area contributed by atoms with E-state index in [-0.39, 0.29) is 5.91 Å². The Morgan fingerprint density at radius 1 is 1.32 bits per heavy atom. The Morgan fingerprint density at radius 3 is 2.91 bits per heavy atom. The Kier molecular flexibility index (Phi) is 4.58. The largest absolute Gasteiger partial charge is 0.486 e. The van der Waals surface area contributed by atoms with Crippen LogP contribution in [0.3, 0.4) is 0 Å². The normalized spacial score (nSPS) is 13.0. The van der Waals surface area contributed by atoms with E-state index in [1.165, 1.54) is 0 Å². The van der Waals surface area contributed by atoms with Gasteiger partial charge in [0.15, 0.2) is 11.5 Å². The van der Waals surface area contributed by atoms with Crippen LogP contribution in [0.5, 0.6) is 11.5 Å². The van der Waals surface area contributed by atoms with Crippen LogP contribution in [0.1, 0.15) is 16.3 Å². The molecule has 0 radical (unpaired) electrons. The lowest BCUT2D eigenvalue weighted by molar-refractivity contribution is -0.120. The lowest BCUT2D eigenvalue weighted by Crippen LogP contribution is -2.27. The summed E-state index contributed by atoms with van der Waals surface area (Å²) in [7, 11) is 0. The Balaban J connectivity index is 1.49. The standard InChI is InChI=1S/C16H18N2O3S/c1-11-18-13(10-22-11)4-5-17-16(19)9-12-2-3-14-15(8-12)21-7-6-20-14/h2-3,8,10H,4-7,9H2,1H3,(H,17,19). The van der Waals surface area contributed by atoms with Crippen molar-refractivity contribution in [3.8, 4) is 11.5 Å². The fraction of sp³-hybridized carbons (Fsp3) is 0.375. The van der Waals surface area contributed by atoms with Gasteiger partial charge < -0.3 is 14.8 Å². The predicted molar refractivity (Wildman–Crippen MR) is 84.7 cm³/mol. The van der Waals surface area contributed by atoms with E-state index in [0.29, 0.717) is 26.2 Å². The molecule has 116 valence electrons. The maximum atomic E-state index is 12.0. The number of hydrogen-bond acceptors (Lipinski definition) is 5. The summed E-state index contributed by atoms with van der Waals surface area (Å²) >= 11 is 1.63. The van der Waals surface area contributed by atoms with E-state index in [1.54, 1.807) is 11.3 Å². The molecular formula is C16H18N2O3S. The predicted octanol–water partition coefficient (Wildman–Crippen LogP) is 2.12. The van der Waals surface area contributed by atoms with E-state index in [1.807, 2.05) is 30.5 Å². The van der Waals surface area contributed by atoms with Crippen molar-refractivity contribution in [3.05, 3.63) is 39.8 Å². The van der Waals surface area contributed by atoms with Crippen LogP contribution in [-0.4, -0.2) is 30.6 Å². The van der Waals surface area contributed by atoms with Crippen LogP contribution in [0.15, 0.2) is 23.6 Å². The molecule has 1 N–H and O–H groups in total. The zero-order valence-electron chi connectivity index (χ0n) is 12.4. The molecule has 0 aliphatic carbocycles. The second kappa shape index (κ2) is 6.79. The first-order valence-corrected chi connectivity index (χ1v) is 8.15. The van der Waals surface area contributed by atoms with Crippen LogP contribution in [0.4, 0.5) is 0 Å². The monoisotopic (exact) mass is 318 g/mol. The zero-order chi connectivity index (χ0) is 15.4. The summed E-state index contributed by atoms with van der Waals surface area (Å²) in [5.74, 6) is 1.47. The summed E-state index contributed by atoms with van der Waals surface area (Å²) in [6, 6.07) is 5.63. The number of aromatic nitrogens is 1. The number of benzene rings is 1. The first kappa shape index (κ1) is 14.8. The lowest BCUT2D eigenvalue weighted by Gasteiger charge is -2.18. The van der Waals surface area contributed by atoms with Gasteiger partial charge in [0.2, 0.25) is 5.91 Å². The Morgan fingerprint density at radius 2 is 2.14 bits per heavy atom. The number of nitrogens with one attached hydrogen (secondary N) is 1. The molecule has 22 heavy (non-hydrogen) atoms. The van der Waals surface area contributed by atoms with Gasteiger partial charge in [-0.2, -0.15) is 0 Å². The average molecular weight is 318 g/mol. The number of nitrogens with zero attached hydrogens (tertiary/aromatic N) is 1. The molecule has 0 saturated heterocycles. The van der Waals surface area contributed by atoms with Gasteiger partial charge in [0.1, 0.15) is 13.2 Å². The number of carbonyl (C=O) groups excluding carboxylic acids is 1. The van der Waals surface area contributed by atoms with Crippen LogP contribution in [-0.2, 0) is 17.6 Å². The minimum atomic E-state index is 0.00336. The second-order valence-corrected chi connectivity index (χ2v) is 6.17. The van der Waals surface area contributed by atoms with E-state index in [2.05, 4.69) is 10.3 Å². The highest BCUT2D eigenvalue weighted by atomic mass is 32.1. The third kappa shape index (κ3) is 3.76. The van der Waals surface area contributed by atoms with Gasteiger partial charge in [-0.3, -0.25) is 4.79 Å². The zero-order valence-corrected chi connectivity index (χ0v) is 13.2. The minimum absolute atomic E-state index is 0.00336. The molecule has 1 aromatic heterocycles. The summed E-state index contributed by atoms with van der Waals surface area (Å²) < 4.78 is 11.0. The minimum Gasteiger partial charge on any atom is -0.486 e. The molecule has 1 aliphatic rings. The molecule has 0 unspecified atom stereocenters. The number of ether oxygens (including phenoxy) is 2. The molecule has 3 rings (SSSR count). The highest BCUT2D eigenvalue weighted by Gasteiger charge is 2.13. The van der Waals surface area contributed by atoms with Crippen molar-refractivity contribution in [3.63, 3.8) is 0 Å². The Hall–Kier alpha value is -2.08. The van der Waals surface area contributed by atoms with Crippen molar-refractivity contribution in [2.75, 3.05) is 19.8 Å². The van der Waals surface area contributed by atoms with E-state index in [9.17, 15) is 4.79 Å². The molecule has 1 amide bonds. The number of rotatable bonds is 5. The number of hydrogen-bond donors (Lipinski definition) is 1. The van der Waals surface area contributed by atoms with Gasteiger partial charge in [-0.15, -0.1) is 11.3 Å². The van der Waals surface area contributed by atoms with Crippen LogP contribution in [0, 0.1) is 6.92 Å². The topological polar surface area (TPSA) is 60.5 Å². The van der Waals surface area contributed by atoms with Gasteiger partial charge in [0.05, 0.1) is 17.1 Å².